The van der Waals surface area contributed by atoms with Gasteiger partial charge < -0.3 is 14.6 Å². The van der Waals surface area contributed by atoms with Gasteiger partial charge in [-0.25, -0.2) is 4.98 Å². The average molecular weight is 296 g/mol. The number of nitriles is 1. The van der Waals surface area contributed by atoms with Crippen LogP contribution in [0.5, 0.6) is 0 Å². The molecule has 22 heavy (non-hydrogen) atoms. The Morgan fingerprint density at radius 1 is 1.36 bits per heavy atom. The first-order chi connectivity index (χ1) is 10.8. The molecule has 0 radical (unpaired) electrons. The first-order valence-corrected chi connectivity index (χ1v) is 7.22. The summed E-state index contributed by atoms with van der Waals surface area (Å²) < 4.78 is 5.09. The van der Waals surface area contributed by atoms with Gasteiger partial charge in [0.1, 0.15) is 11.9 Å². The Hall–Kier alpha value is -2.81. The number of aromatic nitrogens is 1. The lowest BCUT2D eigenvalue weighted by Gasteiger charge is -2.33. The van der Waals surface area contributed by atoms with E-state index in [1.807, 2.05) is 0 Å². The summed E-state index contributed by atoms with van der Waals surface area (Å²) in [7, 11) is 0. The number of rotatable bonds is 3. The molecule has 0 unspecified atom stereocenters. The number of nitrogens with one attached hydrogen (secondary N) is 1. The molecule has 0 aromatic carbocycles. The van der Waals surface area contributed by atoms with Gasteiger partial charge in [0, 0.05) is 25.3 Å². The molecule has 2 aromatic rings. The Morgan fingerprint density at radius 2 is 2.18 bits per heavy atom. The van der Waals surface area contributed by atoms with E-state index in [9.17, 15) is 4.79 Å². The zero-order chi connectivity index (χ0) is 15.4. The molecule has 1 N–H and O–H groups in total. The molecule has 0 saturated carbocycles. The molecule has 0 spiro atoms. The minimum Gasteiger partial charge on any atom is -0.459 e. The number of pyridine rings is 1. The van der Waals surface area contributed by atoms with Crippen LogP contribution in [0.3, 0.4) is 0 Å². The van der Waals surface area contributed by atoms with E-state index in [0.29, 0.717) is 11.3 Å². The van der Waals surface area contributed by atoms with Crippen molar-refractivity contribution in [2.24, 2.45) is 0 Å². The number of furan rings is 1. The number of carbonyl (C=O) groups is 1. The van der Waals surface area contributed by atoms with Gasteiger partial charge in [0.05, 0.1) is 11.8 Å². The molecule has 3 rings (SSSR count). The van der Waals surface area contributed by atoms with Gasteiger partial charge in [0.2, 0.25) is 0 Å². The van der Waals surface area contributed by atoms with Crippen molar-refractivity contribution in [3.63, 3.8) is 0 Å². The zero-order valence-corrected chi connectivity index (χ0v) is 12.0. The van der Waals surface area contributed by atoms with Crippen molar-refractivity contribution in [3.05, 3.63) is 48.0 Å². The predicted octanol–water partition coefficient (Wildman–Crippen LogP) is 1.95. The molecule has 3 heterocycles. The van der Waals surface area contributed by atoms with Gasteiger partial charge in [-0.2, -0.15) is 5.26 Å². The third-order valence-electron chi connectivity index (χ3n) is 3.78. The summed E-state index contributed by atoms with van der Waals surface area (Å²) in [6.07, 6.45) is 4.81. The number of piperidine rings is 1. The van der Waals surface area contributed by atoms with Gasteiger partial charge in [0.25, 0.3) is 5.91 Å². The number of hydrogen-bond acceptors (Lipinski definition) is 5. The summed E-state index contributed by atoms with van der Waals surface area (Å²) in [5, 5.41) is 12.1. The third kappa shape index (κ3) is 2.93. The summed E-state index contributed by atoms with van der Waals surface area (Å²) in [5.41, 5.74) is 0.584. The Morgan fingerprint density at radius 3 is 2.86 bits per heavy atom. The molecule has 2 aromatic heterocycles. The van der Waals surface area contributed by atoms with Crippen LogP contribution in [-0.2, 0) is 0 Å². The molecule has 1 aliphatic rings. The van der Waals surface area contributed by atoms with Crippen molar-refractivity contribution in [1.29, 1.82) is 5.26 Å². The fourth-order valence-electron chi connectivity index (χ4n) is 2.64. The second-order valence-electron chi connectivity index (χ2n) is 5.20. The number of amides is 1. The lowest BCUT2D eigenvalue weighted by atomic mass is 10.0. The molecule has 0 bridgehead atoms. The molecule has 0 aliphatic carbocycles. The monoisotopic (exact) mass is 296 g/mol. The van der Waals surface area contributed by atoms with Crippen LogP contribution in [-0.4, -0.2) is 30.0 Å². The van der Waals surface area contributed by atoms with E-state index in [1.165, 1.54) is 6.26 Å². The minimum atomic E-state index is -0.181. The molecule has 1 saturated heterocycles. The number of anilines is 1. The smallest absolute Gasteiger partial charge is 0.287 e. The maximum Gasteiger partial charge on any atom is 0.287 e. The number of carbonyl (C=O) groups excluding carboxylic acids is 1. The van der Waals surface area contributed by atoms with Gasteiger partial charge in [-0.1, -0.05) is 0 Å². The van der Waals surface area contributed by atoms with Gasteiger partial charge in [-0.05, 0) is 37.1 Å². The van der Waals surface area contributed by atoms with Crippen molar-refractivity contribution in [2.45, 2.75) is 18.9 Å². The normalized spacial score (nSPS) is 15.3. The second kappa shape index (κ2) is 6.31. The van der Waals surface area contributed by atoms with E-state index in [1.54, 1.807) is 30.5 Å². The highest BCUT2D eigenvalue weighted by molar-refractivity contribution is 5.91. The topological polar surface area (TPSA) is 82.2 Å². The van der Waals surface area contributed by atoms with E-state index in [-0.39, 0.29) is 11.9 Å². The third-order valence-corrected chi connectivity index (χ3v) is 3.78. The van der Waals surface area contributed by atoms with Crippen molar-refractivity contribution in [1.82, 2.24) is 10.3 Å². The highest BCUT2D eigenvalue weighted by Crippen LogP contribution is 2.21. The Labute approximate surface area is 128 Å². The standard InChI is InChI=1S/C16H16N4O2/c17-11-12-3-1-7-18-15(12)20-8-5-13(6-9-20)19-16(21)14-4-2-10-22-14/h1-4,7,10,13H,5-6,8-9H2,(H,19,21). The first-order valence-electron chi connectivity index (χ1n) is 7.22. The molecule has 1 aliphatic heterocycles. The van der Waals surface area contributed by atoms with E-state index in [0.717, 1.165) is 31.7 Å². The van der Waals surface area contributed by atoms with E-state index in [2.05, 4.69) is 21.3 Å². The second-order valence-corrected chi connectivity index (χ2v) is 5.20. The minimum absolute atomic E-state index is 0.114. The fraction of sp³-hybridized carbons (Fsp3) is 0.312. The fourth-order valence-corrected chi connectivity index (χ4v) is 2.64. The van der Waals surface area contributed by atoms with Crippen molar-refractivity contribution in [3.8, 4) is 6.07 Å². The van der Waals surface area contributed by atoms with Crippen LogP contribution in [0.4, 0.5) is 5.82 Å². The number of hydrogen-bond donors (Lipinski definition) is 1. The average Bonchev–Trinajstić information content (AvgIpc) is 3.10. The lowest BCUT2D eigenvalue weighted by Crippen LogP contribution is -2.45. The summed E-state index contributed by atoms with van der Waals surface area (Å²) in [5.74, 6) is 0.874. The maximum atomic E-state index is 12.0. The molecular formula is C16H16N4O2. The van der Waals surface area contributed by atoms with Crippen LogP contribution >= 0.6 is 0 Å². The summed E-state index contributed by atoms with van der Waals surface area (Å²) in [6, 6.07) is 9.16. The van der Waals surface area contributed by atoms with Crippen molar-refractivity contribution >= 4 is 11.7 Å². The number of nitrogens with zero attached hydrogens (tertiary/aromatic N) is 3. The van der Waals surface area contributed by atoms with E-state index in [4.69, 9.17) is 9.68 Å². The predicted molar refractivity (Wildman–Crippen MR) is 80.4 cm³/mol. The van der Waals surface area contributed by atoms with Crippen molar-refractivity contribution < 1.29 is 9.21 Å². The van der Waals surface area contributed by atoms with E-state index < -0.39 is 0 Å². The van der Waals surface area contributed by atoms with Gasteiger partial charge in [-0.15, -0.1) is 0 Å². The first kappa shape index (κ1) is 14.1. The highest BCUT2D eigenvalue weighted by atomic mass is 16.3. The molecule has 6 nitrogen and oxygen atoms in total. The SMILES string of the molecule is N#Cc1cccnc1N1CCC(NC(=O)c2ccco2)CC1. The zero-order valence-electron chi connectivity index (χ0n) is 12.0. The van der Waals surface area contributed by atoms with Crippen LogP contribution in [0.15, 0.2) is 41.1 Å². The summed E-state index contributed by atoms with van der Waals surface area (Å²) in [4.78, 5) is 18.3. The van der Waals surface area contributed by atoms with Crippen LogP contribution in [0, 0.1) is 11.3 Å². The van der Waals surface area contributed by atoms with Gasteiger partial charge >= 0.3 is 0 Å². The Balaban J connectivity index is 1.59. The molecule has 1 amide bonds. The lowest BCUT2D eigenvalue weighted by molar-refractivity contribution is 0.0903. The van der Waals surface area contributed by atoms with Gasteiger partial charge in [0.15, 0.2) is 5.76 Å². The maximum absolute atomic E-state index is 12.0. The van der Waals surface area contributed by atoms with Crippen LogP contribution < -0.4 is 10.2 Å². The highest BCUT2D eigenvalue weighted by Gasteiger charge is 2.23. The van der Waals surface area contributed by atoms with Crippen LogP contribution in [0.25, 0.3) is 0 Å². The van der Waals surface area contributed by atoms with E-state index >= 15 is 0 Å². The summed E-state index contributed by atoms with van der Waals surface area (Å²) >= 11 is 0. The Bertz CT molecular complexity index is 682. The Kier molecular flexibility index (Phi) is 4.05. The van der Waals surface area contributed by atoms with Crippen molar-refractivity contribution in [2.75, 3.05) is 18.0 Å². The molecule has 0 atom stereocenters. The molecule has 1 fully saturated rings. The summed E-state index contributed by atoms with van der Waals surface area (Å²) in [6.45, 7) is 1.52. The quantitative estimate of drug-likeness (QED) is 0.936. The van der Waals surface area contributed by atoms with Crippen LogP contribution in [0.1, 0.15) is 29.0 Å². The molecule has 112 valence electrons. The van der Waals surface area contributed by atoms with Gasteiger partial charge in [-0.3, -0.25) is 4.79 Å². The van der Waals surface area contributed by atoms with Crippen LogP contribution in [0.2, 0.25) is 0 Å². The molecular weight excluding hydrogens is 280 g/mol. The largest absolute Gasteiger partial charge is 0.459 e. The molecule has 6 heteroatoms.